The van der Waals surface area contributed by atoms with Gasteiger partial charge in [0, 0.05) is 24.8 Å². The lowest BCUT2D eigenvalue weighted by molar-refractivity contribution is 0.332. The zero-order valence-electron chi connectivity index (χ0n) is 15.9. The standard InChI is InChI=1S/C20H28N4O2.HI/c1-3-25-17-11-12-19(26-4-2)18(15-17)24-20(21)23-14-8-13-22-16-9-6-5-7-10-16;/h5-7,9-12,15,22H,3-4,8,13-14H2,1-2H3,(H3,21,23,24);1H. The van der Waals surface area contributed by atoms with Gasteiger partial charge >= 0.3 is 0 Å². The molecule has 2 aromatic carbocycles. The minimum absolute atomic E-state index is 0. The number of benzene rings is 2. The number of para-hydroxylation sites is 1. The Hall–Kier alpha value is -2.16. The van der Waals surface area contributed by atoms with Crippen molar-refractivity contribution >= 4 is 41.3 Å². The van der Waals surface area contributed by atoms with Crippen LogP contribution >= 0.6 is 24.0 Å². The summed E-state index contributed by atoms with van der Waals surface area (Å²) in [6.45, 7) is 6.54. The number of nitrogens with two attached hydrogens (primary N) is 1. The van der Waals surface area contributed by atoms with E-state index in [1.807, 2.05) is 62.4 Å². The summed E-state index contributed by atoms with van der Waals surface area (Å²) in [6, 6.07) is 15.7. The van der Waals surface area contributed by atoms with Crippen LogP contribution in [-0.4, -0.2) is 32.3 Å². The minimum Gasteiger partial charge on any atom is -0.494 e. The summed E-state index contributed by atoms with van der Waals surface area (Å²) in [7, 11) is 0. The first-order valence-corrected chi connectivity index (χ1v) is 8.98. The molecule has 27 heavy (non-hydrogen) atoms. The Morgan fingerprint density at radius 2 is 1.78 bits per heavy atom. The molecule has 0 radical (unpaired) electrons. The molecule has 0 aromatic heterocycles. The molecule has 4 N–H and O–H groups in total. The molecule has 0 aliphatic heterocycles. The molecule has 0 aliphatic rings. The number of halogens is 1. The second-order valence-electron chi connectivity index (χ2n) is 5.56. The molecule has 0 saturated carbocycles. The highest BCUT2D eigenvalue weighted by molar-refractivity contribution is 14.0. The Bertz CT molecular complexity index is 696. The first-order valence-electron chi connectivity index (χ1n) is 8.98. The smallest absolute Gasteiger partial charge is 0.193 e. The lowest BCUT2D eigenvalue weighted by atomic mass is 10.2. The van der Waals surface area contributed by atoms with Crippen molar-refractivity contribution in [3.63, 3.8) is 0 Å². The van der Waals surface area contributed by atoms with E-state index < -0.39 is 0 Å². The predicted octanol–water partition coefficient (Wildman–Crippen LogP) is 4.33. The van der Waals surface area contributed by atoms with E-state index in [1.165, 1.54) is 0 Å². The predicted molar refractivity (Wildman–Crippen MR) is 124 cm³/mol. The number of rotatable bonds is 10. The first kappa shape index (κ1) is 22.9. The van der Waals surface area contributed by atoms with Gasteiger partial charge in [-0.05, 0) is 44.5 Å². The Kier molecular flexibility index (Phi) is 11.1. The van der Waals surface area contributed by atoms with Gasteiger partial charge in [0.05, 0.1) is 18.9 Å². The summed E-state index contributed by atoms with van der Waals surface area (Å²) in [5, 5.41) is 6.45. The van der Waals surface area contributed by atoms with Crippen LogP contribution in [0.5, 0.6) is 11.5 Å². The molecule has 0 saturated heterocycles. The van der Waals surface area contributed by atoms with Crippen molar-refractivity contribution in [2.75, 3.05) is 36.9 Å². The van der Waals surface area contributed by atoms with Crippen LogP contribution in [0.1, 0.15) is 20.3 Å². The van der Waals surface area contributed by atoms with Crippen LogP contribution in [0.4, 0.5) is 11.4 Å². The summed E-state index contributed by atoms with van der Waals surface area (Å²) in [5.41, 5.74) is 7.87. The highest BCUT2D eigenvalue weighted by Crippen LogP contribution is 2.29. The molecule has 0 unspecified atom stereocenters. The summed E-state index contributed by atoms with van der Waals surface area (Å²) in [6.07, 6.45) is 0.884. The zero-order chi connectivity index (χ0) is 18.6. The Balaban J connectivity index is 0.00000364. The molecule has 0 aliphatic carbocycles. The van der Waals surface area contributed by atoms with E-state index in [2.05, 4.69) is 15.6 Å². The maximum absolute atomic E-state index is 6.01. The van der Waals surface area contributed by atoms with E-state index in [9.17, 15) is 0 Å². The molecule has 0 bridgehead atoms. The number of nitrogens with one attached hydrogen (secondary N) is 2. The molecular weight excluding hydrogens is 455 g/mol. The molecule has 0 amide bonds. The molecule has 2 aromatic rings. The highest BCUT2D eigenvalue weighted by Gasteiger charge is 2.07. The maximum atomic E-state index is 6.01. The Morgan fingerprint density at radius 1 is 1.04 bits per heavy atom. The largest absolute Gasteiger partial charge is 0.494 e. The van der Waals surface area contributed by atoms with Gasteiger partial charge in [-0.15, -0.1) is 24.0 Å². The van der Waals surface area contributed by atoms with E-state index >= 15 is 0 Å². The van der Waals surface area contributed by atoms with E-state index in [0.29, 0.717) is 25.7 Å². The maximum Gasteiger partial charge on any atom is 0.193 e. The summed E-state index contributed by atoms with van der Waals surface area (Å²) >= 11 is 0. The van der Waals surface area contributed by atoms with Crippen LogP contribution in [0, 0.1) is 0 Å². The van der Waals surface area contributed by atoms with Gasteiger partial charge in [0.2, 0.25) is 0 Å². The second kappa shape index (κ2) is 13.1. The van der Waals surface area contributed by atoms with Gasteiger partial charge in [0.1, 0.15) is 11.5 Å². The van der Waals surface area contributed by atoms with Crippen LogP contribution in [0.3, 0.4) is 0 Å². The SMILES string of the molecule is CCOc1ccc(OCC)c(NC(N)=NCCCNc2ccccc2)c1.I. The van der Waals surface area contributed by atoms with Crippen molar-refractivity contribution in [2.24, 2.45) is 10.7 Å². The summed E-state index contributed by atoms with van der Waals surface area (Å²) < 4.78 is 11.2. The molecule has 0 fully saturated rings. The average molecular weight is 484 g/mol. The van der Waals surface area contributed by atoms with Crippen molar-refractivity contribution in [1.82, 2.24) is 0 Å². The number of guanidine groups is 1. The monoisotopic (exact) mass is 484 g/mol. The number of aliphatic imine (C=N–C) groups is 1. The van der Waals surface area contributed by atoms with Gasteiger partial charge in [0.25, 0.3) is 0 Å². The quantitative estimate of drug-likeness (QED) is 0.203. The van der Waals surface area contributed by atoms with E-state index in [1.54, 1.807) is 0 Å². The van der Waals surface area contributed by atoms with E-state index in [0.717, 1.165) is 35.8 Å². The highest BCUT2D eigenvalue weighted by atomic mass is 127. The third-order valence-corrected chi connectivity index (χ3v) is 3.54. The van der Waals surface area contributed by atoms with Gasteiger partial charge < -0.3 is 25.8 Å². The van der Waals surface area contributed by atoms with Crippen molar-refractivity contribution in [1.29, 1.82) is 0 Å². The fraction of sp³-hybridized carbons (Fsp3) is 0.350. The minimum atomic E-state index is 0. The van der Waals surface area contributed by atoms with Crippen LogP contribution in [0.25, 0.3) is 0 Å². The molecule has 0 heterocycles. The molecule has 148 valence electrons. The Labute approximate surface area is 178 Å². The van der Waals surface area contributed by atoms with Crippen LogP contribution < -0.4 is 25.8 Å². The molecule has 7 heteroatoms. The van der Waals surface area contributed by atoms with Crippen molar-refractivity contribution in [3.8, 4) is 11.5 Å². The van der Waals surface area contributed by atoms with Crippen LogP contribution in [0.15, 0.2) is 53.5 Å². The fourth-order valence-electron chi connectivity index (χ4n) is 2.39. The number of ether oxygens (including phenoxy) is 2. The number of hydrogen-bond donors (Lipinski definition) is 3. The zero-order valence-corrected chi connectivity index (χ0v) is 18.2. The van der Waals surface area contributed by atoms with Gasteiger partial charge in [0.15, 0.2) is 5.96 Å². The average Bonchev–Trinajstić information content (AvgIpc) is 2.65. The van der Waals surface area contributed by atoms with Crippen molar-refractivity contribution in [2.45, 2.75) is 20.3 Å². The van der Waals surface area contributed by atoms with Crippen LogP contribution in [-0.2, 0) is 0 Å². The van der Waals surface area contributed by atoms with Gasteiger partial charge in [-0.25, -0.2) is 0 Å². The molecule has 2 rings (SSSR count). The first-order chi connectivity index (χ1) is 12.7. The summed E-state index contributed by atoms with van der Waals surface area (Å²) in [4.78, 5) is 4.37. The summed E-state index contributed by atoms with van der Waals surface area (Å²) in [5.74, 6) is 1.84. The normalized spacial score (nSPS) is 10.7. The Morgan fingerprint density at radius 3 is 2.48 bits per heavy atom. The third-order valence-electron chi connectivity index (χ3n) is 3.54. The fourth-order valence-corrected chi connectivity index (χ4v) is 2.39. The van der Waals surface area contributed by atoms with Gasteiger partial charge in [-0.3, -0.25) is 4.99 Å². The van der Waals surface area contributed by atoms with Crippen LogP contribution in [0.2, 0.25) is 0 Å². The lowest BCUT2D eigenvalue weighted by Gasteiger charge is -2.14. The van der Waals surface area contributed by atoms with Gasteiger partial charge in [-0.1, -0.05) is 18.2 Å². The van der Waals surface area contributed by atoms with E-state index in [4.69, 9.17) is 15.2 Å². The van der Waals surface area contributed by atoms with E-state index in [-0.39, 0.29) is 24.0 Å². The number of anilines is 2. The van der Waals surface area contributed by atoms with Crippen molar-refractivity contribution < 1.29 is 9.47 Å². The topological polar surface area (TPSA) is 80.9 Å². The van der Waals surface area contributed by atoms with Crippen molar-refractivity contribution in [3.05, 3.63) is 48.5 Å². The van der Waals surface area contributed by atoms with Gasteiger partial charge in [-0.2, -0.15) is 0 Å². The molecule has 0 atom stereocenters. The molecular formula is C20H29IN4O2. The second-order valence-corrected chi connectivity index (χ2v) is 5.56. The third kappa shape index (κ3) is 8.38. The number of nitrogens with zero attached hydrogens (tertiary/aromatic N) is 1. The lowest BCUT2D eigenvalue weighted by Crippen LogP contribution is -2.23. The number of hydrogen-bond acceptors (Lipinski definition) is 4. The molecule has 6 nitrogen and oxygen atoms in total. The molecule has 0 spiro atoms.